The molecular formula is C18H13Cl2FN2O5. The summed E-state index contributed by atoms with van der Waals surface area (Å²) in [5, 5.41) is 12.3. The molecule has 0 saturated heterocycles. The summed E-state index contributed by atoms with van der Waals surface area (Å²) >= 11 is 11.5. The van der Waals surface area contributed by atoms with Crippen LogP contribution in [0.25, 0.3) is 0 Å². The predicted octanol–water partition coefficient (Wildman–Crippen LogP) is 4.78. The molecule has 0 amide bonds. The number of nitrogens with zero attached hydrogens (tertiary/aromatic N) is 1. The third kappa shape index (κ3) is 4.65. The molecule has 2 aromatic carbocycles. The van der Waals surface area contributed by atoms with Crippen LogP contribution < -0.4 is 5.32 Å². The average molecular weight is 427 g/mol. The van der Waals surface area contributed by atoms with Gasteiger partial charge in [0.2, 0.25) is 5.78 Å². The molecule has 0 aliphatic carbocycles. The maximum Gasteiger partial charge on any atom is 0.343 e. The fraction of sp³-hybridized carbons (Fsp3) is 0.111. The largest absolute Gasteiger partial charge is 0.462 e. The third-order valence-electron chi connectivity index (χ3n) is 3.46. The van der Waals surface area contributed by atoms with Gasteiger partial charge in [-0.1, -0.05) is 41.4 Å². The van der Waals surface area contributed by atoms with Crippen LogP contribution in [0.3, 0.4) is 0 Å². The lowest BCUT2D eigenvalue weighted by Crippen LogP contribution is -2.18. The van der Waals surface area contributed by atoms with E-state index in [1.165, 1.54) is 6.92 Å². The van der Waals surface area contributed by atoms with Gasteiger partial charge in [0.25, 0.3) is 0 Å². The van der Waals surface area contributed by atoms with Crippen molar-refractivity contribution in [3.05, 3.63) is 79.7 Å². The number of ether oxygens (including phenoxy) is 1. The Morgan fingerprint density at radius 3 is 2.46 bits per heavy atom. The van der Waals surface area contributed by atoms with Crippen molar-refractivity contribution in [2.75, 3.05) is 11.9 Å². The summed E-state index contributed by atoms with van der Waals surface area (Å²) < 4.78 is 18.8. The molecule has 0 spiro atoms. The Labute approximate surface area is 168 Å². The highest BCUT2D eigenvalue weighted by atomic mass is 35.5. The van der Waals surface area contributed by atoms with E-state index in [4.69, 9.17) is 27.9 Å². The standard InChI is InChI=1S/C18H13Cl2FN2O5/c1-2-28-18(25)12(9-22-10-6-4-3-5-7-10)17(24)11-8-13(21)15(20)16(14(11)19)23(26)27/h3-9,22H,2H2,1H3/b12-9-. The molecule has 0 aromatic heterocycles. The summed E-state index contributed by atoms with van der Waals surface area (Å²) in [5.74, 6) is -3.30. The van der Waals surface area contributed by atoms with Crippen LogP contribution in [-0.4, -0.2) is 23.3 Å². The van der Waals surface area contributed by atoms with Gasteiger partial charge in [0.05, 0.1) is 17.1 Å². The smallest absolute Gasteiger partial charge is 0.343 e. The molecule has 7 nitrogen and oxygen atoms in total. The highest BCUT2D eigenvalue weighted by Gasteiger charge is 2.31. The van der Waals surface area contributed by atoms with Gasteiger partial charge >= 0.3 is 11.7 Å². The maximum atomic E-state index is 14.0. The number of hydrogen-bond donors (Lipinski definition) is 1. The van der Waals surface area contributed by atoms with Gasteiger partial charge in [0, 0.05) is 11.9 Å². The van der Waals surface area contributed by atoms with Crippen LogP contribution in [0.5, 0.6) is 0 Å². The van der Waals surface area contributed by atoms with Gasteiger partial charge in [-0.25, -0.2) is 9.18 Å². The Morgan fingerprint density at radius 1 is 1.25 bits per heavy atom. The first-order chi connectivity index (χ1) is 13.3. The van der Waals surface area contributed by atoms with E-state index in [0.29, 0.717) is 11.8 Å². The topological polar surface area (TPSA) is 98.5 Å². The first-order valence-electron chi connectivity index (χ1n) is 7.83. The van der Waals surface area contributed by atoms with E-state index in [0.717, 1.165) is 6.20 Å². The van der Waals surface area contributed by atoms with E-state index in [9.17, 15) is 24.1 Å². The summed E-state index contributed by atoms with van der Waals surface area (Å²) in [4.78, 5) is 35.1. The van der Waals surface area contributed by atoms with Crippen molar-refractivity contribution in [2.24, 2.45) is 0 Å². The number of carbonyl (C=O) groups excluding carboxylic acids is 2. The van der Waals surface area contributed by atoms with Gasteiger partial charge in [-0.05, 0) is 25.1 Å². The summed E-state index contributed by atoms with van der Waals surface area (Å²) in [6, 6.07) is 9.18. The van der Waals surface area contributed by atoms with Gasteiger partial charge in [0.15, 0.2) is 5.02 Å². The minimum atomic E-state index is -1.22. The van der Waals surface area contributed by atoms with Gasteiger partial charge in [-0.3, -0.25) is 14.9 Å². The Kier molecular flexibility index (Phi) is 7.08. The number of para-hydroxylation sites is 1. The van der Waals surface area contributed by atoms with E-state index in [1.54, 1.807) is 30.3 Å². The molecule has 0 unspecified atom stereocenters. The number of anilines is 1. The second-order valence-electron chi connectivity index (χ2n) is 5.26. The fourth-order valence-electron chi connectivity index (χ4n) is 2.18. The first-order valence-corrected chi connectivity index (χ1v) is 8.59. The lowest BCUT2D eigenvalue weighted by atomic mass is 10.0. The number of nitrogens with one attached hydrogen (secondary N) is 1. The fourth-order valence-corrected chi connectivity index (χ4v) is 2.75. The second kappa shape index (κ2) is 9.29. The molecule has 0 heterocycles. The zero-order chi connectivity index (χ0) is 20.8. The molecular weight excluding hydrogens is 414 g/mol. The number of ketones is 1. The number of halogens is 3. The van der Waals surface area contributed by atoms with Crippen molar-refractivity contribution in [2.45, 2.75) is 6.92 Å². The molecule has 0 atom stereocenters. The van der Waals surface area contributed by atoms with Crippen molar-refractivity contribution < 1.29 is 23.6 Å². The Morgan fingerprint density at radius 2 is 1.89 bits per heavy atom. The van der Waals surface area contributed by atoms with Crippen molar-refractivity contribution in [3.8, 4) is 0 Å². The van der Waals surface area contributed by atoms with Gasteiger partial charge < -0.3 is 10.1 Å². The summed E-state index contributed by atoms with van der Waals surface area (Å²) in [6.07, 6.45) is 1.06. The molecule has 0 fully saturated rings. The number of rotatable bonds is 7. The number of Topliss-reactive ketones (excluding diaryl/α,β-unsaturated/α-hetero) is 1. The zero-order valence-electron chi connectivity index (χ0n) is 14.4. The highest BCUT2D eigenvalue weighted by molar-refractivity contribution is 6.42. The molecule has 0 bridgehead atoms. The van der Waals surface area contributed by atoms with Crippen LogP contribution in [0.1, 0.15) is 17.3 Å². The van der Waals surface area contributed by atoms with Gasteiger partial charge in [0.1, 0.15) is 16.4 Å². The Balaban J connectivity index is 2.54. The lowest BCUT2D eigenvalue weighted by molar-refractivity contribution is -0.384. The maximum absolute atomic E-state index is 14.0. The molecule has 0 radical (unpaired) electrons. The third-order valence-corrected chi connectivity index (χ3v) is 4.20. The number of nitro groups is 1. The molecule has 0 saturated carbocycles. The van der Waals surface area contributed by atoms with E-state index in [2.05, 4.69) is 5.32 Å². The zero-order valence-corrected chi connectivity index (χ0v) is 15.9. The number of carbonyl (C=O) groups is 2. The molecule has 2 aromatic rings. The Hall–Kier alpha value is -2.97. The molecule has 28 heavy (non-hydrogen) atoms. The first kappa shape index (κ1) is 21.3. The summed E-state index contributed by atoms with van der Waals surface area (Å²) in [5.41, 5.74) is -1.53. The molecule has 1 N–H and O–H groups in total. The molecule has 0 aliphatic heterocycles. The normalized spacial score (nSPS) is 11.1. The SMILES string of the molecule is CCOC(=O)/C(=C\Nc1ccccc1)C(=O)c1cc(F)c(Cl)c([N+](=O)[O-])c1Cl. The number of nitro benzene ring substituents is 1. The molecule has 146 valence electrons. The van der Waals surface area contributed by atoms with Crippen LogP contribution in [0.2, 0.25) is 10.0 Å². The quantitative estimate of drug-likeness (QED) is 0.0998. The van der Waals surface area contributed by atoms with Crippen molar-refractivity contribution in [3.63, 3.8) is 0 Å². The number of hydrogen-bond acceptors (Lipinski definition) is 6. The summed E-state index contributed by atoms with van der Waals surface area (Å²) in [6.45, 7) is 1.50. The highest BCUT2D eigenvalue weighted by Crippen LogP contribution is 2.38. The van der Waals surface area contributed by atoms with Crippen LogP contribution in [0, 0.1) is 15.9 Å². The van der Waals surface area contributed by atoms with E-state index >= 15 is 0 Å². The lowest BCUT2D eigenvalue weighted by Gasteiger charge is -2.10. The van der Waals surface area contributed by atoms with Crippen molar-refractivity contribution in [1.82, 2.24) is 0 Å². The van der Waals surface area contributed by atoms with Crippen LogP contribution in [-0.2, 0) is 9.53 Å². The molecule has 10 heteroatoms. The van der Waals surface area contributed by atoms with Gasteiger partial charge in [-0.15, -0.1) is 0 Å². The van der Waals surface area contributed by atoms with Crippen molar-refractivity contribution in [1.29, 1.82) is 0 Å². The van der Waals surface area contributed by atoms with Crippen LogP contribution in [0.15, 0.2) is 48.2 Å². The second-order valence-corrected chi connectivity index (χ2v) is 6.01. The van der Waals surface area contributed by atoms with Crippen LogP contribution >= 0.6 is 23.2 Å². The number of esters is 1. The van der Waals surface area contributed by atoms with Crippen molar-refractivity contribution >= 4 is 46.3 Å². The summed E-state index contributed by atoms with van der Waals surface area (Å²) in [7, 11) is 0. The minimum Gasteiger partial charge on any atom is -0.462 e. The predicted molar refractivity (Wildman–Crippen MR) is 102 cm³/mol. The Bertz CT molecular complexity index is 964. The van der Waals surface area contributed by atoms with E-state index in [-0.39, 0.29) is 6.61 Å². The minimum absolute atomic E-state index is 0.0301. The average Bonchev–Trinajstić information content (AvgIpc) is 2.65. The van der Waals surface area contributed by atoms with E-state index < -0.39 is 49.4 Å². The molecule has 2 rings (SSSR count). The monoisotopic (exact) mass is 426 g/mol. The van der Waals surface area contributed by atoms with Gasteiger partial charge in [-0.2, -0.15) is 0 Å². The molecule has 0 aliphatic rings. The number of benzene rings is 2. The van der Waals surface area contributed by atoms with Crippen LogP contribution in [0.4, 0.5) is 15.8 Å². The van der Waals surface area contributed by atoms with E-state index in [1.807, 2.05) is 0 Å².